The van der Waals surface area contributed by atoms with Crippen LogP contribution in [-0.2, 0) is 14.3 Å². The van der Waals surface area contributed by atoms with E-state index in [9.17, 15) is 9.59 Å². The number of carbonyl (C=O) groups excluding carboxylic acids is 2. The number of hydrogen-bond acceptors (Lipinski definition) is 4. The second-order valence-corrected chi connectivity index (χ2v) is 4.15. The maximum absolute atomic E-state index is 11.9. The number of ether oxygens (including phenoxy) is 2. The fraction of sp³-hybridized carbons (Fsp3) is 0.467. The van der Waals surface area contributed by atoms with Gasteiger partial charge in [0.1, 0.15) is 0 Å². The molecule has 0 aliphatic rings. The van der Waals surface area contributed by atoms with Gasteiger partial charge in [0, 0.05) is 0 Å². The average molecular weight is 264 g/mol. The van der Waals surface area contributed by atoms with Crippen molar-refractivity contribution < 1.29 is 19.1 Å². The summed E-state index contributed by atoms with van der Waals surface area (Å²) < 4.78 is 10.2. The molecule has 0 saturated carbocycles. The third-order valence-electron chi connectivity index (χ3n) is 2.63. The zero-order chi connectivity index (χ0) is 14.1. The molecular weight excluding hydrogens is 244 g/mol. The Morgan fingerprint density at radius 1 is 1.16 bits per heavy atom. The SMILES string of the molecule is CCCCC(OC(=O)c1ccccc1)C(=O)OCC. The fourth-order valence-electron chi connectivity index (χ4n) is 1.62. The van der Waals surface area contributed by atoms with Gasteiger partial charge in [-0.15, -0.1) is 0 Å². The normalized spacial score (nSPS) is 11.7. The summed E-state index contributed by atoms with van der Waals surface area (Å²) in [5.41, 5.74) is 0.438. The topological polar surface area (TPSA) is 52.6 Å². The Bertz CT molecular complexity index is 400. The monoisotopic (exact) mass is 264 g/mol. The van der Waals surface area contributed by atoms with Crippen LogP contribution in [0.4, 0.5) is 0 Å². The first kappa shape index (κ1) is 15.2. The van der Waals surface area contributed by atoms with E-state index in [-0.39, 0.29) is 6.61 Å². The standard InChI is InChI=1S/C15H20O4/c1-3-5-11-13(15(17)18-4-2)19-14(16)12-9-7-6-8-10-12/h6-10,13H,3-5,11H2,1-2H3. The first-order chi connectivity index (χ1) is 9.19. The molecule has 104 valence electrons. The van der Waals surface area contributed by atoms with Crippen molar-refractivity contribution in [2.24, 2.45) is 0 Å². The molecule has 19 heavy (non-hydrogen) atoms. The molecule has 1 atom stereocenters. The molecule has 0 fully saturated rings. The van der Waals surface area contributed by atoms with Crippen LogP contribution in [0.3, 0.4) is 0 Å². The highest BCUT2D eigenvalue weighted by Gasteiger charge is 2.24. The first-order valence-corrected chi connectivity index (χ1v) is 6.61. The molecule has 0 spiro atoms. The number of unbranched alkanes of at least 4 members (excludes halogenated alkanes) is 1. The van der Waals surface area contributed by atoms with E-state index in [1.54, 1.807) is 31.2 Å². The van der Waals surface area contributed by atoms with Crippen molar-refractivity contribution in [2.45, 2.75) is 39.2 Å². The quantitative estimate of drug-likeness (QED) is 0.710. The second-order valence-electron chi connectivity index (χ2n) is 4.15. The minimum Gasteiger partial charge on any atom is -0.463 e. The minimum absolute atomic E-state index is 0.282. The van der Waals surface area contributed by atoms with E-state index in [1.165, 1.54) is 0 Å². The summed E-state index contributed by atoms with van der Waals surface area (Å²) in [4.78, 5) is 23.6. The van der Waals surface area contributed by atoms with Gasteiger partial charge in [0.25, 0.3) is 0 Å². The van der Waals surface area contributed by atoms with Gasteiger partial charge in [-0.2, -0.15) is 0 Å². The largest absolute Gasteiger partial charge is 0.463 e. The van der Waals surface area contributed by atoms with Crippen LogP contribution in [0.2, 0.25) is 0 Å². The Hall–Kier alpha value is -1.84. The van der Waals surface area contributed by atoms with E-state index in [0.29, 0.717) is 12.0 Å². The molecular formula is C15H20O4. The van der Waals surface area contributed by atoms with Crippen LogP contribution in [0, 0.1) is 0 Å². The number of carbonyl (C=O) groups is 2. The lowest BCUT2D eigenvalue weighted by atomic mass is 10.1. The van der Waals surface area contributed by atoms with Crippen LogP contribution >= 0.6 is 0 Å². The molecule has 0 radical (unpaired) electrons. The van der Waals surface area contributed by atoms with Gasteiger partial charge in [0.2, 0.25) is 0 Å². The Balaban J connectivity index is 2.66. The van der Waals surface area contributed by atoms with Crippen molar-refractivity contribution in [1.82, 2.24) is 0 Å². The summed E-state index contributed by atoms with van der Waals surface area (Å²) >= 11 is 0. The lowest BCUT2D eigenvalue weighted by Gasteiger charge is -2.16. The molecule has 1 aromatic rings. The summed E-state index contributed by atoms with van der Waals surface area (Å²) in [7, 11) is 0. The molecule has 4 heteroatoms. The van der Waals surface area contributed by atoms with Crippen LogP contribution in [0.5, 0.6) is 0 Å². The Morgan fingerprint density at radius 3 is 2.42 bits per heavy atom. The van der Waals surface area contributed by atoms with Gasteiger partial charge >= 0.3 is 11.9 Å². The van der Waals surface area contributed by atoms with Crippen LogP contribution < -0.4 is 0 Å². The molecule has 1 rings (SSSR count). The minimum atomic E-state index is -0.812. The highest BCUT2D eigenvalue weighted by atomic mass is 16.6. The summed E-state index contributed by atoms with van der Waals surface area (Å²) in [6.45, 7) is 4.03. The predicted octanol–water partition coefficient (Wildman–Crippen LogP) is 2.97. The van der Waals surface area contributed by atoms with Gasteiger partial charge in [-0.05, 0) is 31.9 Å². The molecule has 4 nitrogen and oxygen atoms in total. The molecule has 0 saturated heterocycles. The van der Waals surface area contributed by atoms with Crippen LogP contribution in [0.25, 0.3) is 0 Å². The molecule has 0 amide bonds. The van der Waals surface area contributed by atoms with Crippen molar-refractivity contribution in [2.75, 3.05) is 6.61 Å². The summed E-state index contributed by atoms with van der Waals surface area (Å²) in [5.74, 6) is -0.963. The van der Waals surface area contributed by atoms with Crippen molar-refractivity contribution in [1.29, 1.82) is 0 Å². The highest BCUT2D eigenvalue weighted by molar-refractivity contribution is 5.91. The van der Waals surface area contributed by atoms with E-state index in [1.807, 2.05) is 13.0 Å². The highest BCUT2D eigenvalue weighted by Crippen LogP contribution is 2.11. The average Bonchev–Trinajstić information content (AvgIpc) is 2.44. The van der Waals surface area contributed by atoms with Gasteiger partial charge < -0.3 is 9.47 Å². The molecule has 0 N–H and O–H groups in total. The van der Waals surface area contributed by atoms with Crippen LogP contribution in [0.1, 0.15) is 43.5 Å². The van der Waals surface area contributed by atoms with Crippen molar-refractivity contribution in [3.8, 4) is 0 Å². The van der Waals surface area contributed by atoms with Gasteiger partial charge in [-0.25, -0.2) is 9.59 Å². The molecule has 0 aliphatic heterocycles. The van der Waals surface area contributed by atoms with Crippen LogP contribution in [0.15, 0.2) is 30.3 Å². The van der Waals surface area contributed by atoms with Crippen molar-refractivity contribution in [3.05, 3.63) is 35.9 Å². The number of rotatable bonds is 7. The van der Waals surface area contributed by atoms with E-state index in [2.05, 4.69) is 0 Å². The van der Waals surface area contributed by atoms with Crippen molar-refractivity contribution >= 4 is 11.9 Å². The van der Waals surface area contributed by atoms with Gasteiger partial charge in [-0.1, -0.05) is 31.5 Å². The summed E-state index contributed by atoms with van der Waals surface area (Å²) in [5, 5.41) is 0. The molecule has 0 aromatic heterocycles. The van der Waals surface area contributed by atoms with E-state index in [4.69, 9.17) is 9.47 Å². The number of hydrogen-bond donors (Lipinski definition) is 0. The Labute approximate surface area is 113 Å². The number of benzene rings is 1. The zero-order valence-electron chi connectivity index (χ0n) is 11.4. The maximum Gasteiger partial charge on any atom is 0.347 e. The van der Waals surface area contributed by atoms with E-state index < -0.39 is 18.0 Å². The van der Waals surface area contributed by atoms with Gasteiger partial charge in [-0.3, -0.25) is 0 Å². The van der Waals surface area contributed by atoms with Gasteiger partial charge in [0.05, 0.1) is 12.2 Å². The Morgan fingerprint density at radius 2 is 1.84 bits per heavy atom. The van der Waals surface area contributed by atoms with E-state index >= 15 is 0 Å². The van der Waals surface area contributed by atoms with Gasteiger partial charge in [0.15, 0.2) is 6.10 Å². The Kier molecular flexibility index (Phi) is 6.64. The lowest BCUT2D eigenvalue weighted by molar-refractivity contribution is -0.153. The summed E-state index contributed by atoms with van der Waals surface area (Å²) in [6.07, 6.45) is 1.42. The van der Waals surface area contributed by atoms with Crippen LogP contribution in [-0.4, -0.2) is 24.6 Å². The smallest absolute Gasteiger partial charge is 0.347 e. The molecule has 0 heterocycles. The molecule has 1 unspecified atom stereocenters. The maximum atomic E-state index is 11.9. The third-order valence-corrected chi connectivity index (χ3v) is 2.63. The van der Waals surface area contributed by atoms with E-state index in [0.717, 1.165) is 12.8 Å². The molecule has 0 aliphatic carbocycles. The zero-order valence-corrected chi connectivity index (χ0v) is 11.4. The predicted molar refractivity (Wildman–Crippen MR) is 71.8 cm³/mol. The number of esters is 2. The first-order valence-electron chi connectivity index (χ1n) is 6.61. The molecule has 1 aromatic carbocycles. The summed E-state index contributed by atoms with van der Waals surface area (Å²) in [6, 6.07) is 8.63. The third kappa shape index (κ3) is 5.12. The lowest BCUT2D eigenvalue weighted by Crippen LogP contribution is -2.29. The fourth-order valence-corrected chi connectivity index (χ4v) is 1.62. The molecule has 0 bridgehead atoms. The van der Waals surface area contributed by atoms with Crippen molar-refractivity contribution in [3.63, 3.8) is 0 Å². The second kappa shape index (κ2) is 8.29.